The Balaban J connectivity index is 1.06. The van der Waals surface area contributed by atoms with Gasteiger partial charge in [0.15, 0.2) is 0 Å². The van der Waals surface area contributed by atoms with Crippen LogP contribution in [0, 0.1) is 5.41 Å². The zero-order valence-electron chi connectivity index (χ0n) is 33.3. The van der Waals surface area contributed by atoms with E-state index in [-0.39, 0.29) is 0 Å². The van der Waals surface area contributed by atoms with Crippen LogP contribution in [0.1, 0.15) is 22.3 Å². The number of hydrogen-bond donors (Lipinski definition) is 2. The first kappa shape index (κ1) is 38.0. The molecule has 60 heavy (non-hydrogen) atoms. The van der Waals surface area contributed by atoms with Crippen molar-refractivity contribution >= 4 is 50.1 Å². The van der Waals surface area contributed by atoms with Crippen molar-refractivity contribution < 1.29 is 4.42 Å². The monoisotopic (exact) mass is 772 g/mol. The fourth-order valence-electron chi connectivity index (χ4n) is 7.90. The molecule has 3 nitrogen and oxygen atoms in total. The van der Waals surface area contributed by atoms with E-state index in [1.165, 1.54) is 11.1 Å². The minimum absolute atomic E-state index is 0.452. The molecule has 0 aliphatic heterocycles. The number of benzene rings is 8. The average molecular weight is 773 g/mol. The predicted molar refractivity (Wildman–Crippen MR) is 255 cm³/mol. The van der Waals surface area contributed by atoms with E-state index < -0.39 is 0 Å². The highest BCUT2D eigenvalue weighted by Crippen LogP contribution is 2.33. The summed E-state index contributed by atoms with van der Waals surface area (Å²) in [6.45, 7) is 0.452. The van der Waals surface area contributed by atoms with Crippen molar-refractivity contribution in [3.63, 3.8) is 0 Å². The van der Waals surface area contributed by atoms with Crippen molar-refractivity contribution in [3.8, 4) is 33.4 Å². The second kappa shape index (κ2) is 17.5. The second-order valence-electron chi connectivity index (χ2n) is 15.0. The summed E-state index contributed by atoms with van der Waals surface area (Å²) in [5.41, 5.74) is 20.1. The van der Waals surface area contributed by atoms with Gasteiger partial charge in [-0.2, -0.15) is 0 Å². The molecule has 9 aromatic rings. The van der Waals surface area contributed by atoms with Crippen LogP contribution in [0.15, 0.2) is 223 Å². The summed E-state index contributed by atoms with van der Waals surface area (Å²) >= 11 is 0. The first-order valence-corrected chi connectivity index (χ1v) is 20.4. The lowest BCUT2D eigenvalue weighted by Gasteiger charge is -2.13. The maximum atomic E-state index is 9.18. The Morgan fingerprint density at radius 1 is 0.467 bits per heavy atom. The number of para-hydroxylation sites is 2. The van der Waals surface area contributed by atoms with E-state index in [1.807, 2.05) is 66.7 Å². The molecule has 0 saturated carbocycles. The van der Waals surface area contributed by atoms with Crippen molar-refractivity contribution in [3.05, 3.63) is 241 Å². The van der Waals surface area contributed by atoms with Crippen molar-refractivity contribution in [2.45, 2.75) is 6.42 Å². The normalized spacial score (nSPS) is 11.7. The van der Waals surface area contributed by atoms with Gasteiger partial charge in [-0.15, -0.1) is 0 Å². The number of nitrogens with one attached hydrogen (secondary N) is 1. The predicted octanol–water partition coefficient (Wildman–Crippen LogP) is 14.5. The van der Waals surface area contributed by atoms with E-state index in [2.05, 4.69) is 158 Å². The molecule has 3 heteroatoms. The molecule has 0 aliphatic carbocycles. The largest absolute Gasteiger partial charge is 0.456 e. The summed E-state index contributed by atoms with van der Waals surface area (Å²) in [4.78, 5) is 0. The maximum absolute atomic E-state index is 9.18. The summed E-state index contributed by atoms with van der Waals surface area (Å²) in [6.07, 6.45) is 6.81. The third kappa shape index (κ3) is 8.35. The first-order chi connectivity index (χ1) is 29.6. The molecule has 0 aliphatic rings. The number of fused-ring (bicyclic) bond motifs is 4. The smallest absolute Gasteiger partial charge is 0.135 e. The molecule has 288 valence electrons. The molecule has 0 radical (unpaired) electrons. The van der Waals surface area contributed by atoms with Crippen LogP contribution in [-0.4, -0.2) is 12.3 Å². The lowest BCUT2D eigenvalue weighted by atomic mass is 9.92. The molecule has 0 spiro atoms. The van der Waals surface area contributed by atoms with Gasteiger partial charge in [-0.3, -0.25) is 0 Å². The van der Waals surface area contributed by atoms with E-state index in [0.29, 0.717) is 18.7 Å². The third-order valence-electron chi connectivity index (χ3n) is 11.0. The Morgan fingerprint density at radius 2 is 1.02 bits per heavy atom. The summed E-state index contributed by atoms with van der Waals surface area (Å²) < 4.78 is 6.64. The standard InChI is InChI=1S/C57H44N2O/c58-34-12-19-49-37-50-33-32-48(38-54(50)53-21-8-10-23-57(53)60-56-22-9-7-20-52(49)56)44-26-24-43(25-27-44)46-17-11-18-47(36-46)51(35-40-13-3-1-4-14-40)39-55(59)45-30-28-42(29-31-45)41-15-5-2-6-16-41/h1-33,36-39,59H,34-35,58H2/b19-12-,49-37?,51-39+,59-55?. The second-order valence-corrected chi connectivity index (χ2v) is 15.0. The fraction of sp³-hybridized carbons (Fsp3) is 0.0351. The first-order valence-electron chi connectivity index (χ1n) is 20.4. The molecule has 0 amide bonds. The summed E-state index contributed by atoms with van der Waals surface area (Å²) in [7, 11) is 0. The van der Waals surface area contributed by atoms with Gasteiger partial charge in [-0.25, -0.2) is 0 Å². The van der Waals surface area contributed by atoms with Crippen LogP contribution in [0.25, 0.3) is 77.7 Å². The molecule has 1 heterocycles. The van der Waals surface area contributed by atoms with Gasteiger partial charge in [0.05, 0.1) is 5.71 Å². The van der Waals surface area contributed by atoms with E-state index in [9.17, 15) is 5.41 Å². The van der Waals surface area contributed by atoms with E-state index in [1.54, 1.807) is 0 Å². The van der Waals surface area contributed by atoms with E-state index in [0.717, 1.165) is 82.8 Å². The Bertz CT molecular complexity index is 3080. The average Bonchev–Trinajstić information content (AvgIpc) is 3.36. The van der Waals surface area contributed by atoms with Crippen LogP contribution in [0.2, 0.25) is 0 Å². The van der Waals surface area contributed by atoms with E-state index >= 15 is 0 Å². The van der Waals surface area contributed by atoms with Gasteiger partial charge in [0.2, 0.25) is 0 Å². The van der Waals surface area contributed by atoms with Gasteiger partial charge < -0.3 is 15.6 Å². The maximum Gasteiger partial charge on any atom is 0.135 e. The Kier molecular flexibility index (Phi) is 11.1. The SMILES string of the molecule is N=C(/C=C(\Cc1ccccc1)c1cccc(-c2ccc(-c3ccc4cc(/C=C\CN)c5ccccc5oc5ccccc5c4c3)cc2)c1)c1ccc(-c2ccccc2)cc1. The number of hydrogen-bond acceptors (Lipinski definition) is 3. The van der Waals surface area contributed by atoms with E-state index in [4.69, 9.17) is 10.2 Å². The Morgan fingerprint density at radius 3 is 1.73 bits per heavy atom. The summed E-state index contributed by atoms with van der Waals surface area (Å²) in [6, 6.07) is 72.0. The molecule has 9 rings (SSSR count). The minimum Gasteiger partial charge on any atom is -0.456 e. The van der Waals surface area contributed by atoms with Crippen LogP contribution < -0.4 is 5.73 Å². The quantitative estimate of drug-likeness (QED) is 0.136. The highest BCUT2D eigenvalue weighted by atomic mass is 16.3. The van der Waals surface area contributed by atoms with Gasteiger partial charge in [-0.05, 0) is 115 Å². The van der Waals surface area contributed by atoms with Gasteiger partial charge in [0.1, 0.15) is 11.2 Å². The van der Waals surface area contributed by atoms with Crippen LogP contribution >= 0.6 is 0 Å². The molecular weight excluding hydrogens is 729 g/mol. The van der Waals surface area contributed by atoms with Crippen LogP contribution in [0.4, 0.5) is 0 Å². The molecule has 0 saturated heterocycles. The zero-order chi connectivity index (χ0) is 40.7. The highest BCUT2D eigenvalue weighted by molar-refractivity contribution is 6.11. The van der Waals surface area contributed by atoms with Crippen molar-refractivity contribution in [1.82, 2.24) is 0 Å². The van der Waals surface area contributed by atoms with Crippen molar-refractivity contribution in [1.29, 1.82) is 5.41 Å². The fourth-order valence-corrected chi connectivity index (χ4v) is 7.90. The van der Waals surface area contributed by atoms with Gasteiger partial charge >= 0.3 is 0 Å². The number of allylic oxidation sites excluding steroid dienone is 2. The third-order valence-corrected chi connectivity index (χ3v) is 11.0. The molecule has 0 fully saturated rings. The van der Waals surface area contributed by atoms with Crippen LogP contribution in [-0.2, 0) is 6.42 Å². The molecular formula is C57H44N2O. The Hall–Kier alpha value is -7.59. The summed E-state index contributed by atoms with van der Waals surface area (Å²) in [5.74, 6) is 0. The highest BCUT2D eigenvalue weighted by Gasteiger charge is 2.11. The molecule has 0 unspecified atom stereocenters. The minimum atomic E-state index is 0.452. The Labute approximate surface area is 351 Å². The van der Waals surface area contributed by atoms with Crippen LogP contribution in [0.3, 0.4) is 0 Å². The molecule has 3 N–H and O–H groups in total. The lowest BCUT2D eigenvalue weighted by molar-refractivity contribution is 0.663. The number of nitrogens with two attached hydrogens (primary N) is 1. The molecule has 0 atom stereocenters. The molecule has 8 aromatic carbocycles. The topological polar surface area (TPSA) is 63.0 Å². The van der Waals surface area contributed by atoms with Crippen LogP contribution in [0.5, 0.6) is 0 Å². The van der Waals surface area contributed by atoms with Crippen molar-refractivity contribution in [2.75, 3.05) is 6.54 Å². The zero-order valence-corrected chi connectivity index (χ0v) is 33.3. The van der Waals surface area contributed by atoms with Gasteiger partial charge in [-0.1, -0.05) is 188 Å². The summed E-state index contributed by atoms with van der Waals surface area (Å²) in [5, 5.41) is 13.4. The van der Waals surface area contributed by atoms with Crippen molar-refractivity contribution in [2.24, 2.45) is 5.73 Å². The lowest BCUT2D eigenvalue weighted by Crippen LogP contribution is -1.99. The number of rotatable bonds is 10. The molecule has 1 aromatic heterocycles. The molecule has 0 bridgehead atoms. The van der Waals surface area contributed by atoms with Gasteiger partial charge in [0, 0.05) is 17.3 Å². The van der Waals surface area contributed by atoms with Gasteiger partial charge in [0.25, 0.3) is 0 Å².